The summed E-state index contributed by atoms with van der Waals surface area (Å²) in [6.07, 6.45) is 4.43. The Balaban J connectivity index is 2.15. The number of carboxylic acid groups (broad SMARTS) is 2. The lowest BCUT2D eigenvalue weighted by Crippen LogP contribution is -2.38. The van der Waals surface area contributed by atoms with Crippen LogP contribution in [0.15, 0.2) is 58.4 Å². The molecule has 0 saturated heterocycles. The summed E-state index contributed by atoms with van der Waals surface area (Å²) in [7, 11) is 0. The first kappa shape index (κ1) is 13.4. The molecule has 1 aromatic carbocycles. The molecule has 0 aromatic heterocycles. The molecule has 1 aliphatic carbocycles. The normalized spacial score (nSPS) is 16.7. The van der Waals surface area contributed by atoms with E-state index in [9.17, 15) is 9.59 Å². The van der Waals surface area contributed by atoms with E-state index in [0.717, 1.165) is 9.80 Å². The Hall–Kier alpha value is -2.01. The van der Waals surface area contributed by atoms with Crippen LogP contribution in [0.2, 0.25) is 0 Å². The van der Waals surface area contributed by atoms with E-state index in [1.165, 1.54) is 17.8 Å². The van der Waals surface area contributed by atoms with Crippen molar-refractivity contribution < 1.29 is 19.8 Å². The summed E-state index contributed by atoms with van der Waals surface area (Å²) in [4.78, 5) is 24.1. The third kappa shape index (κ3) is 2.71. The highest BCUT2D eigenvalue weighted by molar-refractivity contribution is 8.03. The van der Waals surface area contributed by atoms with E-state index in [2.05, 4.69) is 0 Å². The van der Waals surface area contributed by atoms with Gasteiger partial charge in [-0.15, -0.1) is 0 Å². The lowest BCUT2D eigenvalue weighted by Gasteiger charge is -2.22. The second kappa shape index (κ2) is 5.32. The van der Waals surface area contributed by atoms with Gasteiger partial charge in [0.05, 0.1) is 0 Å². The zero-order chi connectivity index (χ0) is 13.9. The van der Waals surface area contributed by atoms with Crippen LogP contribution in [0.5, 0.6) is 0 Å². The fourth-order valence-electron chi connectivity index (χ4n) is 1.73. The molecule has 1 aliphatic rings. The summed E-state index contributed by atoms with van der Waals surface area (Å²) >= 11 is 1.48. The number of hydrogen-bond donors (Lipinski definition) is 2. The molecule has 98 valence electrons. The molecule has 1 aromatic rings. The SMILES string of the molecule is O=C(O)C1(C(=O)O)C=CC(Sc2ccccc2)=CC1. The molecule has 0 atom stereocenters. The Bertz CT molecular complexity index is 546. The average molecular weight is 276 g/mol. The van der Waals surface area contributed by atoms with Crippen molar-refractivity contribution in [2.75, 3.05) is 0 Å². The van der Waals surface area contributed by atoms with Gasteiger partial charge in [-0.1, -0.05) is 48.2 Å². The van der Waals surface area contributed by atoms with E-state index in [0.29, 0.717) is 0 Å². The first-order chi connectivity index (χ1) is 9.04. The lowest BCUT2D eigenvalue weighted by atomic mass is 9.82. The van der Waals surface area contributed by atoms with Crippen molar-refractivity contribution in [1.82, 2.24) is 0 Å². The molecule has 0 saturated carbocycles. The van der Waals surface area contributed by atoms with Crippen LogP contribution in [0.4, 0.5) is 0 Å². The van der Waals surface area contributed by atoms with Crippen LogP contribution in [-0.4, -0.2) is 22.2 Å². The van der Waals surface area contributed by atoms with Gasteiger partial charge in [-0.05, 0) is 18.6 Å². The van der Waals surface area contributed by atoms with Crippen molar-refractivity contribution in [3.63, 3.8) is 0 Å². The van der Waals surface area contributed by atoms with E-state index < -0.39 is 17.4 Å². The molecule has 19 heavy (non-hydrogen) atoms. The van der Waals surface area contributed by atoms with Gasteiger partial charge >= 0.3 is 11.9 Å². The van der Waals surface area contributed by atoms with E-state index in [1.54, 1.807) is 12.2 Å². The number of aliphatic carboxylic acids is 2. The molecule has 0 fully saturated rings. The van der Waals surface area contributed by atoms with Gasteiger partial charge in [-0.3, -0.25) is 9.59 Å². The predicted molar refractivity (Wildman–Crippen MR) is 71.8 cm³/mol. The second-order valence-electron chi connectivity index (χ2n) is 4.14. The lowest BCUT2D eigenvalue weighted by molar-refractivity contribution is -0.160. The molecule has 0 unspecified atom stereocenters. The van der Waals surface area contributed by atoms with E-state index >= 15 is 0 Å². The fraction of sp³-hybridized carbons (Fsp3) is 0.143. The Morgan fingerprint density at radius 2 is 1.74 bits per heavy atom. The largest absolute Gasteiger partial charge is 0.480 e. The van der Waals surface area contributed by atoms with Crippen LogP contribution in [0.25, 0.3) is 0 Å². The third-order valence-corrected chi connectivity index (χ3v) is 3.95. The summed E-state index contributed by atoms with van der Waals surface area (Å²) in [6.45, 7) is 0. The maximum atomic E-state index is 11.1. The van der Waals surface area contributed by atoms with Crippen LogP contribution in [0.3, 0.4) is 0 Å². The number of carboxylic acids is 2. The molecule has 0 spiro atoms. The minimum absolute atomic E-state index is 0.0384. The molecule has 0 heterocycles. The van der Waals surface area contributed by atoms with Gasteiger partial charge in [0.15, 0.2) is 5.41 Å². The quantitative estimate of drug-likeness (QED) is 0.827. The third-order valence-electron chi connectivity index (χ3n) is 2.90. The Labute approximate surface area is 114 Å². The highest BCUT2D eigenvalue weighted by atomic mass is 32.2. The molecule has 4 nitrogen and oxygen atoms in total. The van der Waals surface area contributed by atoms with Crippen molar-refractivity contribution in [1.29, 1.82) is 0 Å². The number of rotatable bonds is 4. The summed E-state index contributed by atoms with van der Waals surface area (Å²) < 4.78 is 0. The summed E-state index contributed by atoms with van der Waals surface area (Å²) in [5.74, 6) is -2.67. The van der Waals surface area contributed by atoms with Gasteiger partial charge in [0, 0.05) is 9.80 Å². The molecule has 0 radical (unpaired) electrons. The molecule has 0 bridgehead atoms. The highest BCUT2D eigenvalue weighted by Crippen LogP contribution is 2.36. The Morgan fingerprint density at radius 1 is 1.11 bits per heavy atom. The summed E-state index contributed by atoms with van der Waals surface area (Å²) in [5, 5.41) is 18.1. The standard InChI is InChI=1S/C14H12O4S/c15-12(16)14(13(17)18)8-6-11(7-9-14)19-10-4-2-1-3-5-10/h1-8H,9H2,(H,15,16)(H,17,18). The maximum Gasteiger partial charge on any atom is 0.325 e. The van der Waals surface area contributed by atoms with Crippen molar-refractivity contribution in [2.45, 2.75) is 11.3 Å². The molecular formula is C14H12O4S. The van der Waals surface area contributed by atoms with E-state index in [1.807, 2.05) is 30.3 Å². The van der Waals surface area contributed by atoms with Crippen LogP contribution in [-0.2, 0) is 9.59 Å². The highest BCUT2D eigenvalue weighted by Gasteiger charge is 2.44. The minimum Gasteiger partial charge on any atom is -0.480 e. The first-order valence-electron chi connectivity index (χ1n) is 5.64. The van der Waals surface area contributed by atoms with Crippen molar-refractivity contribution in [3.8, 4) is 0 Å². The van der Waals surface area contributed by atoms with Crippen LogP contribution >= 0.6 is 11.8 Å². The number of benzene rings is 1. The van der Waals surface area contributed by atoms with E-state index in [-0.39, 0.29) is 6.42 Å². The minimum atomic E-state index is -1.83. The summed E-state index contributed by atoms with van der Waals surface area (Å²) in [6, 6.07) is 9.61. The zero-order valence-corrected chi connectivity index (χ0v) is 10.8. The molecule has 2 N–H and O–H groups in total. The van der Waals surface area contributed by atoms with Gasteiger partial charge in [-0.2, -0.15) is 0 Å². The van der Waals surface area contributed by atoms with E-state index in [4.69, 9.17) is 10.2 Å². The van der Waals surface area contributed by atoms with Crippen LogP contribution in [0.1, 0.15) is 6.42 Å². The predicted octanol–water partition coefficient (Wildman–Crippen LogP) is 2.78. The molecular weight excluding hydrogens is 264 g/mol. The van der Waals surface area contributed by atoms with Gasteiger partial charge in [0.2, 0.25) is 0 Å². The monoisotopic (exact) mass is 276 g/mol. The smallest absolute Gasteiger partial charge is 0.325 e. The maximum absolute atomic E-state index is 11.1. The molecule has 0 aliphatic heterocycles. The topological polar surface area (TPSA) is 74.6 Å². The van der Waals surface area contributed by atoms with Gasteiger partial charge in [-0.25, -0.2) is 0 Å². The fourth-order valence-corrected chi connectivity index (χ4v) is 2.60. The van der Waals surface area contributed by atoms with Gasteiger partial charge in [0.25, 0.3) is 0 Å². The summed E-state index contributed by atoms with van der Waals surface area (Å²) in [5.41, 5.74) is -1.83. The van der Waals surface area contributed by atoms with Crippen molar-refractivity contribution in [3.05, 3.63) is 53.5 Å². The van der Waals surface area contributed by atoms with Crippen LogP contribution < -0.4 is 0 Å². The number of hydrogen-bond acceptors (Lipinski definition) is 3. The number of thioether (sulfide) groups is 1. The second-order valence-corrected chi connectivity index (χ2v) is 5.29. The zero-order valence-electron chi connectivity index (χ0n) is 9.95. The van der Waals surface area contributed by atoms with Crippen LogP contribution in [0, 0.1) is 5.41 Å². The number of carbonyl (C=O) groups is 2. The van der Waals surface area contributed by atoms with Crippen molar-refractivity contribution in [2.24, 2.45) is 5.41 Å². The molecule has 0 amide bonds. The van der Waals surface area contributed by atoms with Crippen molar-refractivity contribution >= 4 is 23.7 Å². The number of allylic oxidation sites excluding steroid dienone is 2. The molecule has 2 rings (SSSR count). The molecule has 5 heteroatoms. The first-order valence-corrected chi connectivity index (χ1v) is 6.45. The Kier molecular flexibility index (Phi) is 3.76. The average Bonchev–Trinajstić information content (AvgIpc) is 2.40. The van der Waals surface area contributed by atoms with Gasteiger partial charge in [0.1, 0.15) is 0 Å². The van der Waals surface area contributed by atoms with Gasteiger partial charge < -0.3 is 10.2 Å². The Morgan fingerprint density at radius 3 is 2.21 bits per heavy atom.